The Bertz CT molecular complexity index is 561. The van der Waals surface area contributed by atoms with Gasteiger partial charge in [-0.3, -0.25) is 4.79 Å². The van der Waals surface area contributed by atoms with Crippen molar-refractivity contribution >= 4 is 17.4 Å². The van der Waals surface area contributed by atoms with Crippen LogP contribution in [0.1, 0.15) is 15.9 Å². The highest BCUT2D eigenvalue weighted by molar-refractivity contribution is 6.35. The topological polar surface area (TPSA) is 17.1 Å². The standard InChI is InChI=1S/C13H7ClF2O/c14-9-5-2-1-4-8(9)13(17)12-10(15)6-3-7-11(12)16/h1-7H. The minimum absolute atomic E-state index is 0.0816. The third-order valence-corrected chi connectivity index (χ3v) is 2.64. The molecule has 1 nitrogen and oxygen atoms in total. The summed E-state index contributed by atoms with van der Waals surface area (Å²) >= 11 is 5.81. The monoisotopic (exact) mass is 252 g/mol. The van der Waals surface area contributed by atoms with E-state index in [2.05, 4.69) is 0 Å². The van der Waals surface area contributed by atoms with Crippen LogP contribution in [0, 0.1) is 11.6 Å². The van der Waals surface area contributed by atoms with Crippen molar-refractivity contribution in [3.05, 3.63) is 70.2 Å². The molecule has 0 unspecified atom stereocenters. The zero-order valence-electron chi connectivity index (χ0n) is 8.58. The number of carbonyl (C=O) groups excluding carboxylic acids is 1. The summed E-state index contributed by atoms with van der Waals surface area (Å²) in [5.41, 5.74) is -0.501. The molecule has 0 spiro atoms. The zero-order valence-corrected chi connectivity index (χ0v) is 9.34. The van der Waals surface area contributed by atoms with Crippen LogP contribution in [0.25, 0.3) is 0 Å². The molecule has 0 saturated heterocycles. The maximum absolute atomic E-state index is 13.4. The van der Waals surface area contributed by atoms with Crippen LogP contribution in [0.3, 0.4) is 0 Å². The Morgan fingerprint density at radius 2 is 1.53 bits per heavy atom. The fraction of sp³-hybridized carbons (Fsp3) is 0. The lowest BCUT2D eigenvalue weighted by Gasteiger charge is -2.05. The van der Waals surface area contributed by atoms with Crippen molar-refractivity contribution in [3.8, 4) is 0 Å². The highest BCUT2D eigenvalue weighted by Crippen LogP contribution is 2.22. The van der Waals surface area contributed by atoms with Gasteiger partial charge in [0.05, 0.1) is 10.6 Å². The average Bonchev–Trinajstić information content (AvgIpc) is 2.29. The van der Waals surface area contributed by atoms with Gasteiger partial charge in [-0.15, -0.1) is 0 Å². The number of hydrogen-bond donors (Lipinski definition) is 0. The van der Waals surface area contributed by atoms with Crippen LogP contribution >= 0.6 is 11.6 Å². The van der Waals surface area contributed by atoms with Gasteiger partial charge in [0.1, 0.15) is 11.6 Å². The van der Waals surface area contributed by atoms with Gasteiger partial charge in [-0.2, -0.15) is 0 Å². The molecule has 0 bridgehead atoms. The molecule has 0 atom stereocenters. The molecule has 2 aromatic rings. The molecule has 0 aliphatic heterocycles. The Balaban J connectivity index is 2.56. The third-order valence-electron chi connectivity index (χ3n) is 2.31. The molecule has 0 heterocycles. The summed E-state index contributed by atoms with van der Waals surface area (Å²) in [6.07, 6.45) is 0. The van der Waals surface area contributed by atoms with E-state index in [1.54, 1.807) is 12.1 Å². The van der Waals surface area contributed by atoms with Crippen molar-refractivity contribution in [1.82, 2.24) is 0 Å². The summed E-state index contributed by atoms with van der Waals surface area (Å²) in [6.45, 7) is 0. The molecule has 2 aromatic carbocycles. The second-order valence-electron chi connectivity index (χ2n) is 3.41. The third kappa shape index (κ3) is 2.19. The number of rotatable bonds is 2. The number of carbonyl (C=O) groups is 1. The van der Waals surface area contributed by atoms with Gasteiger partial charge in [-0.05, 0) is 24.3 Å². The molecule has 2 rings (SSSR count). The Labute approximate surface area is 102 Å². The van der Waals surface area contributed by atoms with Crippen molar-refractivity contribution in [3.63, 3.8) is 0 Å². The molecular weight excluding hydrogens is 246 g/mol. The van der Waals surface area contributed by atoms with Crippen LogP contribution < -0.4 is 0 Å². The largest absolute Gasteiger partial charge is 0.288 e. The van der Waals surface area contributed by atoms with Crippen LogP contribution in [-0.2, 0) is 0 Å². The van der Waals surface area contributed by atoms with Crippen LogP contribution in [0.2, 0.25) is 5.02 Å². The second kappa shape index (κ2) is 4.63. The normalized spacial score (nSPS) is 10.3. The van der Waals surface area contributed by atoms with E-state index >= 15 is 0 Å². The van der Waals surface area contributed by atoms with E-state index in [1.165, 1.54) is 18.2 Å². The summed E-state index contributed by atoms with van der Waals surface area (Å²) in [7, 11) is 0. The van der Waals surface area contributed by atoms with Gasteiger partial charge in [-0.1, -0.05) is 29.8 Å². The second-order valence-corrected chi connectivity index (χ2v) is 3.81. The maximum Gasteiger partial charge on any atom is 0.200 e. The lowest BCUT2D eigenvalue weighted by molar-refractivity contribution is 0.103. The first-order valence-corrected chi connectivity index (χ1v) is 5.22. The van der Waals surface area contributed by atoms with Gasteiger partial charge in [-0.25, -0.2) is 8.78 Å². The van der Waals surface area contributed by atoms with Gasteiger partial charge in [0.2, 0.25) is 0 Å². The molecule has 86 valence electrons. The molecule has 0 N–H and O–H groups in total. The van der Waals surface area contributed by atoms with Gasteiger partial charge in [0.25, 0.3) is 0 Å². The van der Waals surface area contributed by atoms with E-state index in [0.29, 0.717) is 0 Å². The summed E-state index contributed by atoms with van der Waals surface area (Å²) < 4.78 is 26.8. The number of benzene rings is 2. The molecule has 17 heavy (non-hydrogen) atoms. The van der Waals surface area contributed by atoms with Gasteiger partial charge in [0, 0.05) is 5.56 Å². The summed E-state index contributed by atoms with van der Waals surface area (Å²) in [5.74, 6) is -2.55. The quantitative estimate of drug-likeness (QED) is 0.742. The molecule has 0 aliphatic rings. The smallest absolute Gasteiger partial charge is 0.200 e. The van der Waals surface area contributed by atoms with E-state index in [-0.39, 0.29) is 10.6 Å². The minimum Gasteiger partial charge on any atom is -0.288 e. The van der Waals surface area contributed by atoms with Crippen LogP contribution in [0.15, 0.2) is 42.5 Å². The van der Waals surface area contributed by atoms with Gasteiger partial charge < -0.3 is 0 Å². The number of hydrogen-bond acceptors (Lipinski definition) is 1. The van der Waals surface area contributed by atoms with E-state index in [4.69, 9.17) is 11.6 Å². The van der Waals surface area contributed by atoms with Crippen molar-refractivity contribution < 1.29 is 13.6 Å². The molecule has 0 amide bonds. The van der Waals surface area contributed by atoms with Crippen LogP contribution in [-0.4, -0.2) is 5.78 Å². The van der Waals surface area contributed by atoms with Crippen molar-refractivity contribution in [2.45, 2.75) is 0 Å². The van der Waals surface area contributed by atoms with E-state index in [0.717, 1.165) is 12.1 Å². The van der Waals surface area contributed by atoms with E-state index in [9.17, 15) is 13.6 Å². The van der Waals surface area contributed by atoms with E-state index in [1.807, 2.05) is 0 Å². The molecule has 0 fully saturated rings. The number of ketones is 1. The highest BCUT2D eigenvalue weighted by atomic mass is 35.5. The van der Waals surface area contributed by atoms with Gasteiger partial charge in [0.15, 0.2) is 5.78 Å². The lowest BCUT2D eigenvalue weighted by Crippen LogP contribution is -2.07. The van der Waals surface area contributed by atoms with Crippen molar-refractivity contribution in [1.29, 1.82) is 0 Å². The minimum atomic E-state index is -0.894. The SMILES string of the molecule is O=C(c1ccccc1Cl)c1c(F)cccc1F. The Hall–Kier alpha value is -1.74. The van der Waals surface area contributed by atoms with Crippen molar-refractivity contribution in [2.75, 3.05) is 0 Å². The molecule has 0 saturated carbocycles. The van der Waals surface area contributed by atoms with Gasteiger partial charge >= 0.3 is 0 Å². The molecule has 0 radical (unpaired) electrons. The lowest BCUT2D eigenvalue weighted by atomic mass is 10.0. The number of halogens is 3. The summed E-state index contributed by atoms with van der Waals surface area (Å²) in [4.78, 5) is 11.9. The first-order valence-electron chi connectivity index (χ1n) is 4.84. The Morgan fingerprint density at radius 3 is 2.12 bits per heavy atom. The Morgan fingerprint density at radius 1 is 0.941 bits per heavy atom. The van der Waals surface area contributed by atoms with Crippen molar-refractivity contribution in [2.24, 2.45) is 0 Å². The fourth-order valence-corrected chi connectivity index (χ4v) is 1.72. The molecule has 0 aromatic heterocycles. The zero-order chi connectivity index (χ0) is 12.4. The molecule has 0 aliphatic carbocycles. The predicted octanol–water partition coefficient (Wildman–Crippen LogP) is 3.85. The maximum atomic E-state index is 13.4. The van der Waals surface area contributed by atoms with E-state index < -0.39 is 23.0 Å². The predicted molar refractivity (Wildman–Crippen MR) is 61.2 cm³/mol. The summed E-state index contributed by atoms with van der Waals surface area (Å²) in [6, 6.07) is 9.41. The first-order chi connectivity index (χ1) is 8.11. The first kappa shape index (κ1) is 11.7. The van der Waals surface area contributed by atoms with Crippen LogP contribution in [0.4, 0.5) is 8.78 Å². The fourth-order valence-electron chi connectivity index (χ4n) is 1.49. The molecule has 4 heteroatoms. The van der Waals surface area contributed by atoms with Crippen LogP contribution in [0.5, 0.6) is 0 Å². The average molecular weight is 253 g/mol. The Kier molecular flexibility index (Phi) is 3.20. The molecular formula is C13H7ClF2O. The summed E-state index contributed by atoms with van der Waals surface area (Å²) in [5, 5.41) is 0.167. The highest BCUT2D eigenvalue weighted by Gasteiger charge is 2.20.